The lowest BCUT2D eigenvalue weighted by Gasteiger charge is -2.05. The molecule has 0 aliphatic heterocycles. The van der Waals surface area contributed by atoms with Crippen molar-refractivity contribution in [2.45, 2.75) is 0 Å². The molecule has 0 radical (unpaired) electrons. The van der Waals surface area contributed by atoms with E-state index in [2.05, 4.69) is 26.3 Å². The minimum absolute atomic E-state index is 0.125. The molecule has 0 unspecified atom stereocenters. The quantitative estimate of drug-likeness (QED) is 0.437. The van der Waals surface area contributed by atoms with Crippen LogP contribution in [-0.2, 0) is 9.59 Å². The molecule has 0 bridgehead atoms. The number of hydrazone groups is 1. The smallest absolute Gasteiger partial charge is 0.315 e. The molecule has 0 spiro atoms. The largest absolute Gasteiger partial charge is 0.329 e. The second kappa shape index (κ2) is 8.23. The van der Waals surface area contributed by atoms with Gasteiger partial charge in [0.15, 0.2) is 0 Å². The summed E-state index contributed by atoms with van der Waals surface area (Å²) >= 11 is 14.9. The van der Waals surface area contributed by atoms with Gasteiger partial charge in [-0.25, -0.2) is 9.82 Å². The van der Waals surface area contributed by atoms with E-state index in [1.54, 1.807) is 18.2 Å². The van der Waals surface area contributed by atoms with Gasteiger partial charge in [-0.05, 0) is 24.3 Å². The van der Waals surface area contributed by atoms with Crippen molar-refractivity contribution in [3.63, 3.8) is 0 Å². The van der Waals surface area contributed by atoms with Gasteiger partial charge in [-0.1, -0.05) is 51.3 Å². The van der Waals surface area contributed by atoms with Crippen LogP contribution in [0.2, 0.25) is 10.0 Å². The molecule has 2 aromatic carbocycles. The zero-order chi connectivity index (χ0) is 17.7. The molecule has 2 amide bonds. The molecule has 0 aliphatic carbocycles. The Morgan fingerprint density at radius 2 is 1.92 bits per heavy atom. The Morgan fingerprint density at radius 3 is 2.62 bits per heavy atom. The van der Waals surface area contributed by atoms with Crippen molar-refractivity contribution in [2.75, 3.05) is 5.32 Å². The topological polar surface area (TPSA) is 70.6 Å². The number of anilines is 1. The third kappa shape index (κ3) is 4.77. The fourth-order valence-corrected chi connectivity index (χ4v) is 2.29. The third-order valence-corrected chi connectivity index (χ3v) is 4.06. The molecule has 24 heavy (non-hydrogen) atoms. The number of carbonyl (C=O) groups is 2. The molecule has 124 valence electrons. The minimum Gasteiger partial charge on any atom is -0.315 e. The molecule has 0 fully saturated rings. The number of benzene rings is 2. The van der Waals surface area contributed by atoms with E-state index in [0.29, 0.717) is 15.1 Å². The summed E-state index contributed by atoms with van der Waals surface area (Å²) in [6.45, 7) is 0. The van der Waals surface area contributed by atoms with E-state index >= 15 is 0 Å². The van der Waals surface area contributed by atoms with E-state index in [1.807, 2.05) is 5.43 Å². The molecule has 2 rings (SSSR count). The first kappa shape index (κ1) is 18.4. The summed E-state index contributed by atoms with van der Waals surface area (Å²) in [7, 11) is 0. The summed E-state index contributed by atoms with van der Waals surface area (Å²) in [6.07, 6.45) is 1.24. The normalized spacial score (nSPS) is 10.7. The fourth-order valence-electron chi connectivity index (χ4n) is 1.60. The number of hydrogen-bond acceptors (Lipinski definition) is 3. The average molecular weight is 433 g/mol. The Labute approximate surface area is 155 Å². The molecule has 0 atom stereocenters. The lowest BCUT2D eigenvalue weighted by molar-refractivity contribution is -0.136. The first-order valence-electron chi connectivity index (χ1n) is 6.42. The molecule has 0 aliphatic rings. The van der Waals surface area contributed by atoms with Crippen LogP contribution >= 0.6 is 39.1 Å². The van der Waals surface area contributed by atoms with E-state index in [9.17, 15) is 14.0 Å². The Balaban J connectivity index is 1.98. The van der Waals surface area contributed by atoms with Gasteiger partial charge in [-0.15, -0.1) is 0 Å². The number of amides is 2. The SMILES string of the molecule is O=C(NN=Cc1cccc(Cl)c1Cl)C(=O)Nc1ccc(Br)cc1F. The van der Waals surface area contributed by atoms with E-state index in [1.165, 1.54) is 18.3 Å². The fraction of sp³-hybridized carbons (Fsp3) is 0. The zero-order valence-corrected chi connectivity index (χ0v) is 14.9. The Morgan fingerprint density at radius 1 is 1.17 bits per heavy atom. The van der Waals surface area contributed by atoms with Gasteiger partial charge in [0.25, 0.3) is 0 Å². The van der Waals surface area contributed by atoms with Crippen molar-refractivity contribution in [3.8, 4) is 0 Å². The van der Waals surface area contributed by atoms with E-state index < -0.39 is 17.6 Å². The number of nitrogens with zero attached hydrogens (tertiary/aromatic N) is 1. The van der Waals surface area contributed by atoms with Crippen LogP contribution in [0, 0.1) is 5.82 Å². The molecule has 2 aromatic rings. The van der Waals surface area contributed by atoms with Crippen LogP contribution in [0.15, 0.2) is 46.0 Å². The van der Waals surface area contributed by atoms with E-state index in [4.69, 9.17) is 23.2 Å². The first-order valence-corrected chi connectivity index (χ1v) is 7.97. The highest BCUT2D eigenvalue weighted by Crippen LogP contribution is 2.24. The lowest BCUT2D eigenvalue weighted by Crippen LogP contribution is -2.32. The van der Waals surface area contributed by atoms with Crippen molar-refractivity contribution in [2.24, 2.45) is 5.10 Å². The predicted molar refractivity (Wildman–Crippen MR) is 94.9 cm³/mol. The van der Waals surface area contributed by atoms with Crippen LogP contribution in [0.5, 0.6) is 0 Å². The van der Waals surface area contributed by atoms with E-state index in [0.717, 1.165) is 6.07 Å². The van der Waals surface area contributed by atoms with Gasteiger partial charge in [-0.3, -0.25) is 9.59 Å². The van der Waals surface area contributed by atoms with Gasteiger partial charge in [0.2, 0.25) is 0 Å². The van der Waals surface area contributed by atoms with Crippen LogP contribution in [0.1, 0.15) is 5.56 Å². The molecular weight excluding hydrogens is 424 g/mol. The molecule has 2 N–H and O–H groups in total. The average Bonchev–Trinajstić information content (AvgIpc) is 2.54. The highest BCUT2D eigenvalue weighted by Gasteiger charge is 2.15. The molecule has 0 aromatic heterocycles. The van der Waals surface area contributed by atoms with Gasteiger partial charge in [0.1, 0.15) is 5.82 Å². The lowest BCUT2D eigenvalue weighted by atomic mass is 10.2. The maximum Gasteiger partial charge on any atom is 0.329 e. The number of rotatable bonds is 3. The van der Waals surface area contributed by atoms with Gasteiger partial charge in [0.05, 0.1) is 21.9 Å². The van der Waals surface area contributed by atoms with Crippen LogP contribution in [-0.4, -0.2) is 18.0 Å². The monoisotopic (exact) mass is 431 g/mol. The molecule has 5 nitrogen and oxygen atoms in total. The number of carbonyl (C=O) groups excluding carboxylic acids is 2. The van der Waals surface area contributed by atoms with Crippen molar-refractivity contribution >= 4 is 62.8 Å². The molecule has 0 heterocycles. The second-order valence-electron chi connectivity index (χ2n) is 4.42. The van der Waals surface area contributed by atoms with Gasteiger partial charge >= 0.3 is 11.8 Å². The summed E-state index contributed by atoms with van der Waals surface area (Å²) in [6, 6.07) is 8.88. The highest BCUT2D eigenvalue weighted by atomic mass is 79.9. The second-order valence-corrected chi connectivity index (χ2v) is 6.12. The summed E-state index contributed by atoms with van der Waals surface area (Å²) in [5.74, 6) is -2.81. The zero-order valence-electron chi connectivity index (χ0n) is 11.8. The minimum atomic E-state index is -1.06. The summed E-state index contributed by atoms with van der Waals surface area (Å²) in [5.41, 5.74) is 2.35. The van der Waals surface area contributed by atoms with Crippen LogP contribution in [0.25, 0.3) is 0 Å². The standard InChI is InChI=1S/C15H9BrCl2FN3O2/c16-9-4-5-12(11(19)6-9)21-14(23)15(24)22-20-7-8-2-1-3-10(17)13(8)18/h1-7H,(H,21,23)(H,22,24). The summed E-state index contributed by atoms with van der Waals surface area (Å²) in [4.78, 5) is 23.3. The van der Waals surface area contributed by atoms with Gasteiger partial charge in [0, 0.05) is 10.0 Å². The maximum absolute atomic E-state index is 13.6. The van der Waals surface area contributed by atoms with Gasteiger partial charge in [-0.2, -0.15) is 5.10 Å². The summed E-state index contributed by atoms with van der Waals surface area (Å²) in [5, 5.41) is 6.34. The molecular formula is C15H9BrCl2FN3O2. The predicted octanol–water partition coefficient (Wildman–Crippen LogP) is 3.98. The van der Waals surface area contributed by atoms with Crippen LogP contribution in [0.4, 0.5) is 10.1 Å². The Hall–Kier alpha value is -1.96. The highest BCUT2D eigenvalue weighted by molar-refractivity contribution is 9.10. The number of halogens is 4. The van der Waals surface area contributed by atoms with Crippen molar-refractivity contribution in [1.82, 2.24) is 5.43 Å². The van der Waals surface area contributed by atoms with Crippen molar-refractivity contribution in [3.05, 3.63) is 62.3 Å². The molecule has 0 saturated carbocycles. The Bertz CT molecular complexity index is 830. The summed E-state index contributed by atoms with van der Waals surface area (Å²) < 4.78 is 14.1. The Kier molecular flexibility index (Phi) is 6.30. The van der Waals surface area contributed by atoms with Crippen molar-refractivity contribution < 1.29 is 14.0 Å². The van der Waals surface area contributed by atoms with Crippen LogP contribution < -0.4 is 10.7 Å². The van der Waals surface area contributed by atoms with E-state index in [-0.39, 0.29) is 10.7 Å². The first-order chi connectivity index (χ1) is 11.4. The van der Waals surface area contributed by atoms with Crippen LogP contribution in [0.3, 0.4) is 0 Å². The number of nitrogens with one attached hydrogen (secondary N) is 2. The maximum atomic E-state index is 13.6. The van der Waals surface area contributed by atoms with Gasteiger partial charge < -0.3 is 5.32 Å². The molecule has 0 saturated heterocycles. The third-order valence-electron chi connectivity index (χ3n) is 2.74. The number of hydrogen-bond donors (Lipinski definition) is 2. The van der Waals surface area contributed by atoms with Crippen molar-refractivity contribution in [1.29, 1.82) is 0 Å². The molecule has 9 heteroatoms.